The lowest BCUT2D eigenvalue weighted by Gasteiger charge is -2.26. The van der Waals surface area contributed by atoms with Gasteiger partial charge in [-0.1, -0.05) is 23.7 Å². The van der Waals surface area contributed by atoms with Gasteiger partial charge in [-0.2, -0.15) is 0 Å². The number of aryl methyl sites for hydroxylation is 1. The second-order valence-corrected chi connectivity index (χ2v) is 5.63. The predicted molar refractivity (Wildman–Crippen MR) is 92.1 cm³/mol. The summed E-state index contributed by atoms with van der Waals surface area (Å²) in [6.07, 6.45) is 0. The smallest absolute Gasteiger partial charge is 0.337 e. The Morgan fingerprint density at radius 2 is 1.73 bits per heavy atom. The minimum atomic E-state index is -0.902. The summed E-state index contributed by atoms with van der Waals surface area (Å²) >= 11 is 5.96. The van der Waals surface area contributed by atoms with Crippen molar-refractivity contribution in [3.05, 3.63) is 52.5 Å². The molecule has 4 heteroatoms. The van der Waals surface area contributed by atoms with Crippen molar-refractivity contribution in [2.24, 2.45) is 0 Å². The topological polar surface area (TPSA) is 40.5 Å². The monoisotopic (exact) mass is 317 g/mol. The molecule has 0 bridgehead atoms. The summed E-state index contributed by atoms with van der Waals surface area (Å²) in [7, 11) is 0. The molecule has 2 rings (SSSR count). The third-order valence-electron chi connectivity index (χ3n) is 3.72. The number of carbonyl (C=O) groups is 1. The second kappa shape index (κ2) is 6.84. The SMILES string of the molecule is CCN(CC)c1c(C(=O)O)cc(C)cc1-c1ccc(Cl)cc1. The molecule has 0 amide bonds. The molecule has 2 aromatic rings. The number of carboxylic acids is 1. The Balaban J connectivity index is 2.75. The lowest BCUT2D eigenvalue weighted by molar-refractivity contribution is 0.0697. The molecule has 3 nitrogen and oxygen atoms in total. The fourth-order valence-corrected chi connectivity index (χ4v) is 2.80. The summed E-state index contributed by atoms with van der Waals surface area (Å²) in [5.41, 5.74) is 3.94. The Hall–Kier alpha value is -2.00. The number of nitrogens with zero attached hydrogens (tertiary/aromatic N) is 1. The Morgan fingerprint density at radius 3 is 2.23 bits per heavy atom. The fraction of sp³-hybridized carbons (Fsp3) is 0.278. The van der Waals surface area contributed by atoms with Crippen molar-refractivity contribution >= 4 is 23.3 Å². The van der Waals surface area contributed by atoms with Crippen LogP contribution < -0.4 is 4.90 Å². The van der Waals surface area contributed by atoms with Crippen molar-refractivity contribution in [3.63, 3.8) is 0 Å². The zero-order chi connectivity index (χ0) is 16.3. The molecule has 0 unspecified atom stereocenters. The molecule has 0 aliphatic carbocycles. The number of hydrogen-bond acceptors (Lipinski definition) is 2. The summed E-state index contributed by atoms with van der Waals surface area (Å²) in [5.74, 6) is -0.902. The van der Waals surface area contributed by atoms with Crippen molar-refractivity contribution in [1.29, 1.82) is 0 Å². The van der Waals surface area contributed by atoms with Crippen molar-refractivity contribution < 1.29 is 9.90 Å². The van der Waals surface area contributed by atoms with Gasteiger partial charge in [-0.05, 0) is 56.2 Å². The van der Waals surface area contributed by atoms with E-state index in [0.717, 1.165) is 35.5 Å². The molecule has 0 radical (unpaired) electrons. The van der Waals surface area contributed by atoms with Crippen LogP contribution in [0.2, 0.25) is 5.02 Å². The van der Waals surface area contributed by atoms with Crippen LogP contribution >= 0.6 is 11.6 Å². The van der Waals surface area contributed by atoms with Crippen LogP contribution in [0.3, 0.4) is 0 Å². The van der Waals surface area contributed by atoms with E-state index in [0.29, 0.717) is 10.6 Å². The van der Waals surface area contributed by atoms with Crippen molar-refractivity contribution in [2.45, 2.75) is 20.8 Å². The lowest BCUT2D eigenvalue weighted by atomic mass is 9.96. The summed E-state index contributed by atoms with van der Waals surface area (Å²) in [6.45, 7) is 7.47. The molecule has 0 aromatic heterocycles. The summed E-state index contributed by atoms with van der Waals surface area (Å²) in [5, 5.41) is 10.3. The van der Waals surface area contributed by atoms with Crippen LogP contribution in [-0.2, 0) is 0 Å². The molecule has 0 aliphatic rings. The van der Waals surface area contributed by atoms with Crippen molar-refractivity contribution in [2.75, 3.05) is 18.0 Å². The van der Waals surface area contributed by atoms with E-state index >= 15 is 0 Å². The number of halogens is 1. The molecule has 22 heavy (non-hydrogen) atoms. The van der Waals surface area contributed by atoms with Gasteiger partial charge in [0.1, 0.15) is 0 Å². The van der Waals surface area contributed by atoms with Crippen LogP contribution in [0.15, 0.2) is 36.4 Å². The number of rotatable bonds is 5. The third kappa shape index (κ3) is 3.25. The molecule has 1 N–H and O–H groups in total. The lowest BCUT2D eigenvalue weighted by Crippen LogP contribution is -2.25. The number of aromatic carboxylic acids is 1. The van der Waals surface area contributed by atoms with Crippen LogP contribution in [0.25, 0.3) is 11.1 Å². The Labute approximate surface area is 136 Å². The molecular weight excluding hydrogens is 298 g/mol. The van der Waals surface area contributed by atoms with E-state index in [9.17, 15) is 9.90 Å². The van der Waals surface area contributed by atoms with Crippen LogP contribution in [0, 0.1) is 6.92 Å². The maximum atomic E-state index is 11.7. The molecule has 2 aromatic carbocycles. The van der Waals surface area contributed by atoms with E-state index in [1.807, 2.05) is 51.1 Å². The molecule has 0 saturated carbocycles. The number of anilines is 1. The van der Waals surface area contributed by atoms with Gasteiger partial charge < -0.3 is 10.0 Å². The first-order chi connectivity index (χ1) is 10.5. The third-order valence-corrected chi connectivity index (χ3v) is 3.97. The molecule has 0 atom stereocenters. The van der Waals surface area contributed by atoms with Gasteiger partial charge >= 0.3 is 5.97 Å². The maximum absolute atomic E-state index is 11.7. The first-order valence-electron chi connectivity index (χ1n) is 7.36. The zero-order valence-corrected chi connectivity index (χ0v) is 13.8. The van der Waals surface area contributed by atoms with Crippen molar-refractivity contribution in [3.8, 4) is 11.1 Å². The van der Waals surface area contributed by atoms with E-state index in [1.165, 1.54) is 0 Å². The normalized spacial score (nSPS) is 10.5. The van der Waals surface area contributed by atoms with Gasteiger partial charge in [-0.3, -0.25) is 0 Å². The van der Waals surface area contributed by atoms with E-state index < -0.39 is 5.97 Å². The molecule has 0 heterocycles. The number of carboxylic acid groups (broad SMARTS) is 1. The van der Waals surface area contributed by atoms with E-state index in [4.69, 9.17) is 11.6 Å². The van der Waals surface area contributed by atoms with Gasteiger partial charge in [0.2, 0.25) is 0 Å². The van der Waals surface area contributed by atoms with E-state index in [-0.39, 0.29) is 0 Å². The quantitative estimate of drug-likeness (QED) is 0.856. The van der Waals surface area contributed by atoms with Gasteiger partial charge in [-0.25, -0.2) is 4.79 Å². The average Bonchev–Trinajstić information content (AvgIpc) is 2.50. The van der Waals surface area contributed by atoms with Gasteiger partial charge in [0.05, 0.1) is 11.3 Å². The highest BCUT2D eigenvalue weighted by Crippen LogP contribution is 2.36. The molecule has 0 saturated heterocycles. The highest BCUT2D eigenvalue weighted by Gasteiger charge is 2.20. The highest BCUT2D eigenvalue weighted by atomic mass is 35.5. The summed E-state index contributed by atoms with van der Waals surface area (Å²) in [4.78, 5) is 13.8. The number of benzene rings is 2. The standard InChI is InChI=1S/C18H20ClNO2/c1-4-20(5-2)17-15(13-6-8-14(19)9-7-13)10-12(3)11-16(17)18(21)22/h6-11H,4-5H2,1-3H3,(H,21,22). The largest absolute Gasteiger partial charge is 0.478 e. The minimum Gasteiger partial charge on any atom is -0.478 e. The van der Waals surface area contributed by atoms with Crippen molar-refractivity contribution in [1.82, 2.24) is 0 Å². The van der Waals surface area contributed by atoms with Gasteiger partial charge in [0, 0.05) is 23.7 Å². The molecular formula is C18H20ClNO2. The Kier molecular flexibility index (Phi) is 5.09. The van der Waals surface area contributed by atoms with Crippen LogP contribution in [0.4, 0.5) is 5.69 Å². The zero-order valence-electron chi connectivity index (χ0n) is 13.1. The van der Waals surface area contributed by atoms with Crippen LogP contribution in [-0.4, -0.2) is 24.2 Å². The first kappa shape index (κ1) is 16.4. The minimum absolute atomic E-state index is 0.341. The summed E-state index contributed by atoms with van der Waals surface area (Å²) in [6, 6.07) is 11.3. The number of hydrogen-bond donors (Lipinski definition) is 1. The highest BCUT2D eigenvalue weighted by molar-refractivity contribution is 6.30. The van der Waals surface area contributed by atoms with Crippen LogP contribution in [0.5, 0.6) is 0 Å². The average molecular weight is 318 g/mol. The van der Waals surface area contributed by atoms with Gasteiger partial charge in [0.15, 0.2) is 0 Å². The molecule has 0 aliphatic heterocycles. The van der Waals surface area contributed by atoms with E-state index in [1.54, 1.807) is 6.07 Å². The van der Waals surface area contributed by atoms with E-state index in [2.05, 4.69) is 4.90 Å². The maximum Gasteiger partial charge on any atom is 0.337 e. The Morgan fingerprint density at radius 1 is 1.14 bits per heavy atom. The molecule has 116 valence electrons. The first-order valence-corrected chi connectivity index (χ1v) is 7.74. The second-order valence-electron chi connectivity index (χ2n) is 5.19. The van der Waals surface area contributed by atoms with Crippen LogP contribution in [0.1, 0.15) is 29.8 Å². The molecule has 0 spiro atoms. The van der Waals surface area contributed by atoms with Gasteiger partial charge in [0.25, 0.3) is 0 Å². The summed E-state index contributed by atoms with van der Waals surface area (Å²) < 4.78 is 0. The van der Waals surface area contributed by atoms with Gasteiger partial charge in [-0.15, -0.1) is 0 Å². The molecule has 0 fully saturated rings. The Bertz CT molecular complexity index is 676. The predicted octanol–water partition coefficient (Wildman–Crippen LogP) is 4.86. The fourth-order valence-electron chi connectivity index (χ4n) is 2.67.